The molecule has 19 heavy (non-hydrogen) atoms. The van der Waals surface area contributed by atoms with E-state index < -0.39 is 0 Å². The molecular formula is C15H20BrN3. The van der Waals surface area contributed by atoms with Gasteiger partial charge in [0.25, 0.3) is 0 Å². The fourth-order valence-electron chi connectivity index (χ4n) is 2.49. The first-order valence-electron chi connectivity index (χ1n) is 7.02. The van der Waals surface area contributed by atoms with Crippen LogP contribution in [0.5, 0.6) is 0 Å². The predicted octanol–water partition coefficient (Wildman–Crippen LogP) is 3.36. The van der Waals surface area contributed by atoms with E-state index in [4.69, 9.17) is 11.1 Å². The van der Waals surface area contributed by atoms with Crippen LogP contribution in [-0.2, 0) is 0 Å². The van der Waals surface area contributed by atoms with Crippen molar-refractivity contribution in [2.24, 2.45) is 17.6 Å². The summed E-state index contributed by atoms with van der Waals surface area (Å²) in [5.74, 6) is 1.86. The van der Waals surface area contributed by atoms with E-state index in [0.29, 0.717) is 0 Å². The molecule has 0 heterocycles. The summed E-state index contributed by atoms with van der Waals surface area (Å²) >= 11 is 3.54. The molecule has 2 aliphatic rings. The number of nitrogens with zero attached hydrogens (tertiary/aromatic N) is 1. The Balaban J connectivity index is 1.89. The van der Waals surface area contributed by atoms with Crippen LogP contribution < -0.4 is 10.6 Å². The molecule has 3 nitrogen and oxygen atoms in total. The Morgan fingerprint density at radius 3 is 2.26 bits per heavy atom. The van der Waals surface area contributed by atoms with Crippen LogP contribution in [0.3, 0.4) is 0 Å². The molecule has 1 aromatic carbocycles. The first-order valence-corrected chi connectivity index (χ1v) is 7.81. The zero-order chi connectivity index (χ0) is 13.4. The van der Waals surface area contributed by atoms with E-state index in [-0.39, 0.29) is 5.84 Å². The molecule has 0 unspecified atom stereocenters. The highest BCUT2D eigenvalue weighted by Crippen LogP contribution is 2.37. The van der Waals surface area contributed by atoms with E-state index in [2.05, 4.69) is 26.9 Å². The maximum absolute atomic E-state index is 7.77. The summed E-state index contributed by atoms with van der Waals surface area (Å²) in [7, 11) is 0. The highest BCUT2D eigenvalue weighted by Gasteiger charge is 2.30. The SMILES string of the molecule is N=C(N)c1ccc(Br)cc1N(CC1CC1)CC1CC1. The van der Waals surface area contributed by atoms with Gasteiger partial charge in [-0.05, 0) is 55.7 Å². The average molecular weight is 322 g/mol. The monoisotopic (exact) mass is 321 g/mol. The molecule has 0 atom stereocenters. The molecule has 2 fully saturated rings. The molecule has 3 N–H and O–H groups in total. The predicted molar refractivity (Wildman–Crippen MR) is 82.8 cm³/mol. The molecule has 0 radical (unpaired) electrons. The van der Waals surface area contributed by atoms with Gasteiger partial charge in [0.15, 0.2) is 0 Å². The molecule has 0 aliphatic heterocycles. The third kappa shape index (κ3) is 3.30. The van der Waals surface area contributed by atoms with E-state index in [9.17, 15) is 0 Å². The van der Waals surface area contributed by atoms with E-state index in [1.165, 1.54) is 25.7 Å². The number of rotatable bonds is 6. The Morgan fingerprint density at radius 1 is 1.21 bits per heavy atom. The fourth-order valence-corrected chi connectivity index (χ4v) is 2.84. The lowest BCUT2D eigenvalue weighted by molar-refractivity contribution is 0.679. The Kier molecular flexibility index (Phi) is 3.52. The molecule has 0 aromatic heterocycles. The number of benzene rings is 1. The maximum Gasteiger partial charge on any atom is 0.124 e. The van der Waals surface area contributed by atoms with Gasteiger partial charge in [0, 0.05) is 28.8 Å². The number of halogens is 1. The fraction of sp³-hybridized carbons (Fsp3) is 0.533. The number of amidine groups is 1. The molecule has 0 amide bonds. The summed E-state index contributed by atoms with van der Waals surface area (Å²) in [6, 6.07) is 6.03. The molecule has 102 valence electrons. The van der Waals surface area contributed by atoms with Crippen LogP contribution in [0.1, 0.15) is 31.2 Å². The summed E-state index contributed by atoms with van der Waals surface area (Å²) in [4.78, 5) is 2.46. The lowest BCUT2D eigenvalue weighted by Crippen LogP contribution is -2.30. The van der Waals surface area contributed by atoms with Crippen molar-refractivity contribution < 1.29 is 0 Å². The molecule has 4 heteroatoms. The van der Waals surface area contributed by atoms with Crippen LogP contribution in [0.2, 0.25) is 0 Å². The third-order valence-electron chi connectivity index (χ3n) is 3.94. The molecule has 1 aromatic rings. The van der Waals surface area contributed by atoms with Gasteiger partial charge in [0.05, 0.1) is 0 Å². The summed E-state index contributed by atoms with van der Waals surface area (Å²) < 4.78 is 1.06. The first kappa shape index (κ1) is 13.0. The Bertz CT molecular complexity index is 478. The van der Waals surface area contributed by atoms with Gasteiger partial charge in [-0.2, -0.15) is 0 Å². The summed E-state index contributed by atoms with van der Waals surface area (Å²) in [5, 5.41) is 7.77. The second-order valence-electron chi connectivity index (χ2n) is 5.87. The molecule has 0 saturated heterocycles. The van der Waals surface area contributed by atoms with E-state index >= 15 is 0 Å². The minimum atomic E-state index is 0.166. The van der Waals surface area contributed by atoms with Gasteiger partial charge < -0.3 is 10.6 Å². The van der Waals surface area contributed by atoms with Crippen molar-refractivity contribution in [3.05, 3.63) is 28.2 Å². The van der Waals surface area contributed by atoms with Gasteiger partial charge in [-0.1, -0.05) is 15.9 Å². The topological polar surface area (TPSA) is 53.1 Å². The second kappa shape index (κ2) is 5.16. The molecule has 2 aliphatic carbocycles. The van der Waals surface area contributed by atoms with Crippen LogP contribution in [0.4, 0.5) is 5.69 Å². The Labute approximate surface area is 122 Å². The second-order valence-corrected chi connectivity index (χ2v) is 6.78. The van der Waals surface area contributed by atoms with Crippen LogP contribution in [0, 0.1) is 17.2 Å². The quantitative estimate of drug-likeness (QED) is 0.623. The van der Waals surface area contributed by atoms with Crippen molar-refractivity contribution in [3.8, 4) is 0 Å². The number of nitrogen functional groups attached to an aromatic ring is 1. The summed E-state index contributed by atoms with van der Waals surface area (Å²) in [6.45, 7) is 2.24. The number of hydrogen-bond donors (Lipinski definition) is 2. The van der Waals surface area contributed by atoms with E-state index in [0.717, 1.165) is 40.6 Å². The van der Waals surface area contributed by atoms with Crippen LogP contribution >= 0.6 is 15.9 Å². The van der Waals surface area contributed by atoms with Crippen molar-refractivity contribution in [3.63, 3.8) is 0 Å². The van der Waals surface area contributed by atoms with Crippen molar-refractivity contribution in [2.75, 3.05) is 18.0 Å². The molecule has 0 bridgehead atoms. The van der Waals surface area contributed by atoms with Gasteiger partial charge in [0.2, 0.25) is 0 Å². The lowest BCUT2D eigenvalue weighted by atomic mass is 10.1. The van der Waals surface area contributed by atoms with E-state index in [1.54, 1.807) is 0 Å². The molecule has 2 saturated carbocycles. The molecule has 3 rings (SSSR count). The van der Waals surface area contributed by atoms with Crippen LogP contribution in [0.25, 0.3) is 0 Å². The van der Waals surface area contributed by atoms with Crippen LogP contribution in [-0.4, -0.2) is 18.9 Å². The number of anilines is 1. The molecule has 0 spiro atoms. The minimum Gasteiger partial charge on any atom is -0.384 e. The van der Waals surface area contributed by atoms with E-state index in [1.807, 2.05) is 12.1 Å². The first-order chi connectivity index (χ1) is 9.13. The van der Waals surface area contributed by atoms with Gasteiger partial charge in [0.1, 0.15) is 5.84 Å². The highest BCUT2D eigenvalue weighted by atomic mass is 79.9. The van der Waals surface area contributed by atoms with Crippen molar-refractivity contribution in [1.29, 1.82) is 5.41 Å². The van der Waals surface area contributed by atoms with Crippen molar-refractivity contribution >= 4 is 27.5 Å². The number of nitrogens with two attached hydrogens (primary N) is 1. The van der Waals surface area contributed by atoms with Gasteiger partial charge >= 0.3 is 0 Å². The Morgan fingerprint density at radius 2 is 1.79 bits per heavy atom. The lowest BCUT2D eigenvalue weighted by Gasteiger charge is -2.27. The summed E-state index contributed by atoms with van der Waals surface area (Å²) in [5.41, 5.74) is 7.73. The third-order valence-corrected chi connectivity index (χ3v) is 4.43. The smallest absolute Gasteiger partial charge is 0.124 e. The standard InChI is InChI=1S/C15H20BrN3/c16-12-5-6-13(15(17)18)14(7-12)19(8-10-1-2-10)9-11-3-4-11/h5-7,10-11H,1-4,8-9H2,(H3,17,18). The highest BCUT2D eigenvalue weighted by molar-refractivity contribution is 9.10. The van der Waals surface area contributed by atoms with Gasteiger partial charge in [-0.25, -0.2) is 0 Å². The zero-order valence-corrected chi connectivity index (χ0v) is 12.6. The van der Waals surface area contributed by atoms with Crippen molar-refractivity contribution in [1.82, 2.24) is 0 Å². The number of nitrogens with one attached hydrogen (secondary N) is 1. The molecular weight excluding hydrogens is 302 g/mol. The Hall–Kier alpha value is -1.03. The average Bonchev–Trinajstić information content (AvgIpc) is 3.22. The normalized spacial score (nSPS) is 18.4. The summed E-state index contributed by atoms with van der Waals surface area (Å²) in [6.07, 6.45) is 5.41. The zero-order valence-electron chi connectivity index (χ0n) is 11.0. The number of hydrogen-bond acceptors (Lipinski definition) is 2. The van der Waals surface area contributed by atoms with Crippen molar-refractivity contribution in [2.45, 2.75) is 25.7 Å². The maximum atomic E-state index is 7.77. The largest absolute Gasteiger partial charge is 0.384 e. The van der Waals surface area contributed by atoms with Crippen LogP contribution in [0.15, 0.2) is 22.7 Å². The van der Waals surface area contributed by atoms with Gasteiger partial charge in [-0.15, -0.1) is 0 Å². The van der Waals surface area contributed by atoms with Gasteiger partial charge in [-0.3, -0.25) is 5.41 Å². The minimum absolute atomic E-state index is 0.166.